The Morgan fingerprint density at radius 2 is 1.77 bits per heavy atom. The highest BCUT2D eigenvalue weighted by atomic mass is 16.2. The van der Waals surface area contributed by atoms with Crippen molar-refractivity contribution in [3.8, 4) is 5.69 Å². The van der Waals surface area contributed by atoms with Crippen LogP contribution in [0.15, 0.2) is 41.3 Å². The molecule has 0 spiro atoms. The number of nitrogens with two attached hydrogens (primary N) is 2. The lowest BCUT2D eigenvalue weighted by Gasteiger charge is -2.41. The predicted octanol–water partition coefficient (Wildman–Crippen LogP) is 1.10. The summed E-state index contributed by atoms with van der Waals surface area (Å²) in [7, 11) is 0. The number of carbonyl (C=O) groups is 2. The number of carbonyl (C=O) groups excluding carboxylic acids is 2. The van der Waals surface area contributed by atoms with E-state index in [0.717, 1.165) is 49.5 Å². The SMILES string of the molecule is CC(Cc1ccc(-n2ccc(NC(=O)N3CCN(C(=O)C(C)(C)N)C[C@H]3C)nc2=O)cc1)N1CC2C(CN)C2C1. The summed E-state index contributed by atoms with van der Waals surface area (Å²) in [6, 6.07) is 9.49. The number of nitrogens with one attached hydrogen (secondary N) is 1. The fourth-order valence-electron chi connectivity index (χ4n) is 6.36. The first-order valence-electron chi connectivity index (χ1n) is 14.2. The van der Waals surface area contributed by atoms with Crippen LogP contribution in [0.1, 0.15) is 33.3 Å². The second-order valence-corrected chi connectivity index (χ2v) is 12.3. The van der Waals surface area contributed by atoms with Gasteiger partial charge in [-0.25, -0.2) is 9.59 Å². The van der Waals surface area contributed by atoms with Crippen molar-refractivity contribution in [1.82, 2.24) is 24.3 Å². The number of hydrogen-bond donors (Lipinski definition) is 3. The number of piperidine rings is 1. The average Bonchev–Trinajstić information content (AvgIpc) is 3.37. The number of rotatable bonds is 7. The van der Waals surface area contributed by atoms with Gasteiger partial charge in [0.05, 0.1) is 11.2 Å². The number of urea groups is 1. The van der Waals surface area contributed by atoms with Crippen LogP contribution in [-0.2, 0) is 11.2 Å². The summed E-state index contributed by atoms with van der Waals surface area (Å²) in [4.78, 5) is 48.2. The minimum Gasteiger partial charge on any atom is -0.337 e. The van der Waals surface area contributed by atoms with E-state index in [9.17, 15) is 14.4 Å². The Labute approximate surface area is 235 Å². The molecule has 2 aliphatic heterocycles. The molecule has 1 aliphatic carbocycles. The third-order valence-corrected chi connectivity index (χ3v) is 8.81. The maximum absolute atomic E-state index is 12.9. The summed E-state index contributed by atoms with van der Waals surface area (Å²) in [5, 5.41) is 2.73. The van der Waals surface area contributed by atoms with Crippen LogP contribution in [0.2, 0.25) is 0 Å². The van der Waals surface area contributed by atoms with Crippen LogP contribution in [-0.4, -0.2) is 93.1 Å². The highest BCUT2D eigenvalue weighted by Gasteiger charge is 2.55. The second-order valence-electron chi connectivity index (χ2n) is 12.3. The Bertz CT molecular complexity index is 1290. The van der Waals surface area contributed by atoms with E-state index in [0.29, 0.717) is 25.7 Å². The van der Waals surface area contributed by atoms with Crippen LogP contribution >= 0.6 is 0 Å². The molecule has 2 aromatic rings. The molecular formula is C29H42N8O3. The Balaban J connectivity index is 1.15. The molecule has 11 nitrogen and oxygen atoms in total. The molecule has 4 atom stereocenters. The molecule has 40 heavy (non-hydrogen) atoms. The number of aromatic nitrogens is 2. The molecular weight excluding hydrogens is 508 g/mol. The zero-order chi connectivity index (χ0) is 28.8. The van der Waals surface area contributed by atoms with Gasteiger partial charge < -0.3 is 21.3 Å². The first kappa shape index (κ1) is 28.3. The van der Waals surface area contributed by atoms with Crippen LogP contribution in [0, 0.1) is 17.8 Å². The van der Waals surface area contributed by atoms with Crippen LogP contribution < -0.4 is 22.5 Å². The first-order valence-corrected chi connectivity index (χ1v) is 14.2. The van der Waals surface area contributed by atoms with E-state index < -0.39 is 11.2 Å². The maximum atomic E-state index is 12.9. The lowest BCUT2D eigenvalue weighted by atomic mass is 10.0. The second kappa shape index (κ2) is 10.9. The Morgan fingerprint density at radius 1 is 1.10 bits per heavy atom. The normalized spacial score (nSPS) is 25.4. The van der Waals surface area contributed by atoms with Gasteiger partial charge in [0, 0.05) is 51.0 Å². The zero-order valence-electron chi connectivity index (χ0n) is 23.9. The number of fused-ring (bicyclic) bond motifs is 1. The molecule has 5 rings (SSSR count). The van der Waals surface area contributed by atoms with E-state index in [1.165, 1.54) is 10.1 Å². The summed E-state index contributed by atoms with van der Waals surface area (Å²) in [6.45, 7) is 11.8. The van der Waals surface area contributed by atoms with Gasteiger partial charge in [-0.2, -0.15) is 4.98 Å². The molecule has 3 fully saturated rings. The van der Waals surface area contributed by atoms with Crippen molar-refractivity contribution >= 4 is 17.8 Å². The van der Waals surface area contributed by atoms with E-state index in [1.807, 2.05) is 19.1 Å². The first-order chi connectivity index (χ1) is 19.0. The number of amides is 3. The molecule has 1 saturated carbocycles. The molecule has 0 radical (unpaired) electrons. The smallest absolute Gasteiger partial charge is 0.337 e. The molecule has 5 N–H and O–H groups in total. The van der Waals surface area contributed by atoms with Crippen molar-refractivity contribution in [2.45, 2.75) is 51.7 Å². The lowest BCUT2D eigenvalue weighted by molar-refractivity contribution is -0.138. The van der Waals surface area contributed by atoms with Gasteiger partial charge >= 0.3 is 11.7 Å². The molecule has 3 unspecified atom stereocenters. The molecule has 1 aromatic carbocycles. The van der Waals surface area contributed by atoms with Crippen LogP contribution in [0.5, 0.6) is 0 Å². The van der Waals surface area contributed by atoms with Gasteiger partial charge in [0.15, 0.2) is 0 Å². The fourth-order valence-corrected chi connectivity index (χ4v) is 6.36. The molecule has 3 amide bonds. The molecule has 2 saturated heterocycles. The highest BCUT2D eigenvalue weighted by molar-refractivity contribution is 5.89. The van der Waals surface area contributed by atoms with Gasteiger partial charge in [-0.1, -0.05) is 12.1 Å². The average molecular weight is 551 g/mol. The van der Waals surface area contributed by atoms with Crippen molar-refractivity contribution in [2.75, 3.05) is 44.6 Å². The van der Waals surface area contributed by atoms with Gasteiger partial charge in [-0.05, 0) is 82.2 Å². The minimum absolute atomic E-state index is 0.142. The van der Waals surface area contributed by atoms with E-state index >= 15 is 0 Å². The predicted molar refractivity (Wildman–Crippen MR) is 154 cm³/mol. The number of hydrogen-bond acceptors (Lipinski definition) is 7. The van der Waals surface area contributed by atoms with Crippen molar-refractivity contribution in [3.63, 3.8) is 0 Å². The van der Waals surface area contributed by atoms with Gasteiger partial charge in [-0.15, -0.1) is 0 Å². The van der Waals surface area contributed by atoms with Crippen molar-refractivity contribution < 1.29 is 9.59 Å². The van der Waals surface area contributed by atoms with E-state index in [2.05, 4.69) is 34.3 Å². The topological polar surface area (TPSA) is 143 Å². The molecule has 3 heterocycles. The number of benzene rings is 1. The van der Waals surface area contributed by atoms with Gasteiger partial charge in [0.25, 0.3) is 0 Å². The molecule has 11 heteroatoms. The van der Waals surface area contributed by atoms with Crippen LogP contribution in [0.3, 0.4) is 0 Å². The van der Waals surface area contributed by atoms with Crippen LogP contribution in [0.4, 0.5) is 10.6 Å². The van der Waals surface area contributed by atoms with E-state index in [-0.39, 0.29) is 23.8 Å². The van der Waals surface area contributed by atoms with Crippen molar-refractivity contribution in [3.05, 3.63) is 52.6 Å². The van der Waals surface area contributed by atoms with E-state index in [1.54, 1.807) is 35.9 Å². The van der Waals surface area contributed by atoms with Crippen LogP contribution in [0.25, 0.3) is 5.69 Å². The summed E-state index contributed by atoms with van der Waals surface area (Å²) < 4.78 is 1.46. The largest absolute Gasteiger partial charge is 0.354 e. The summed E-state index contributed by atoms with van der Waals surface area (Å²) in [6.07, 6.45) is 2.58. The third kappa shape index (κ3) is 5.77. The third-order valence-electron chi connectivity index (χ3n) is 8.81. The number of anilines is 1. The van der Waals surface area contributed by atoms with Crippen molar-refractivity contribution in [1.29, 1.82) is 0 Å². The molecule has 0 bridgehead atoms. The Morgan fingerprint density at radius 3 is 2.35 bits per heavy atom. The quantitative estimate of drug-likeness (QED) is 0.469. The van der Waals surface area contributed by atoms with E-state index in [4.69, 9.17) is 11.5 Å². The lowest BCUT2D eigenvalue weighted by Crippen LogP contribution is -2.61. The fraction of sp³-hybridized carbons (Fsp3) is 0.586. The van der Waals surface area contributed by atoms with Gasteiger partial charge in [-0.3, -0.25) is 19.6 Å². The summed E-state index contributed by atoms with van der Waals surface area (Å²) >= 11 is 0. The minimum atomic E-state index is -0.959. The highest BCUT2D eigenvalue weighted by Crippen LogP contribution is 2.51. The summed E-state index contributed by atoms with van der Waals surface area (Å²) in [5.74, 6) is 2.35. The number of likely N-dealkylation sites (tertiary alicyclic amines) is 1. The summed E-state index contributed by atoms with van der Waals surface area (Å²) in [5.41, 5.74) is 12.3. The van der Waals surface area contributed by atoms with Gasteiger partial charge in [0.2, 0.25) is 5.91 Å². The maximum Gasteiger partial charge on any atom is 0.354 e. The van der Waals surface area contributed by atoms with Crippen molar-refractivity contribution in [2.24, 2.45) is 29.2 Å². The standard InChI is InChI=1S/C29H42N8O3/c1-18(35-16-23-22(14-30)24(23)17-35)13-20-5-7-21(8-6-20)37-10-9-25(33-28(37)40)32-27(39)36-12-11-34(15-19(36)2)26(38)29(3,4)31/h5-10,18-19,22-24H,11-17,30-31H2,1-4H3,(H,32,33,39,40)/t18?,19-,22?,23?,24?/m1/s1. The monoisotopic (exact) mass is 550 g/mol. The molecule has 1 aromatic heterocycles. The van der Waals surface area contributed by atoms with Gasteiger partial charge in [0.1, 0.15) is 5.82 Å². The Hall–Kier alpha value is -3.28. The molecule has 216 valence electrons. The molecule has 3 aliphatic rings. The number of piperazine rings is 1. The zero-order valence-corrected chi connectivity index (χ0v) is 23.9. The number of nitrogens with zero attached hydrogens (tertiary/aromatic N) is 5. The Kier molecular flexibility index (Phi) is 7.73.